The number of nitrogens with zero attached hydrogens (tertiary/aromatic N) is 1. The van der Waals surface area contributed by atoms with Crippen molar-refractivity contribution in [1.29, 1.82) is 0 Å². The first kappa shape index (κ1) is 18.0. The first-order valence-electron chi connectivity index (χ1n) is 8.57. The molecule has 2 aromatic rings. The van der Waals surface area contributed by atoms with Gasteiger partial charge in [-0.25, -0.2) is 9.78 Å². The highest BCUT2D eigenvalue weighted by atomic mass is 16.5. The molecule has 26 heavy (non-hydrogen) atoms. The third-order valence-electron chi connectivity index (χ3n) is 4.09. The molecule has 1 aliphatic rings. The van der Waals surface area contributed by atoms with Crippen LogP contribution in [0.5, 0.6) is 11.5 Å². The molecule has 7 nitrogen and oxygen atoms in total. The number of carbonyl (C=O) groups is 1. The summed E-state index contributed by atoms with van der Waals surface area (Å²) in [7, 11) is 0. The van der Waals surface area contributed by atoms with Crippen molar-refractivity contribution in [3.05, 3.63) is 36.0 Å². The molecule has 1 amide bonds. The molecule has 1 unspecified atom stereocenters. The molecule has 0 saturated carbocycles. The van der Waals surface area contributed by atoms with Gasteiger partial charge in [0.25, 0.3) is 0 Å². The van der Waals surface area contributed by atoms with Crippen LogP contribution in [0.3, 0.4) is 0 Å². The van der Waals surface area contributed by atoms with E-state index in [4.69, 9.17) is 20.3 Å². The molecule has 3 rings (SSSR count). The Hall–Kier alpha value is -2.80. The van der Waals surface area contributed by atoms with Crippen LogP contribution in [0.15, 0.2) is 30.5 Å². The van der Waals surface area contributed by atoms with Gasteiger partial charge in [0.15, 0.2) is 0 Å². The van der Waals surface area contributed by atoms with E-state index in [9.17, 15) is 4.79 Å². The van der Waals surface area contributed by atoms with Gasteiger partial charge < -0.3 is 20.3 Å². The van der Waals surface area contributed by atoms with Crippen molar-refractivity contribution >= 4 is 11.9 Å². The Labute approximate surface area is 152 Å². The summed E-state index contributed by atoms with van der Waals surface area (Å²) in [6.45, 7) is 5.14. The Morgan fingerprint density at radius 2 is 2.19 bits per heavy atom. The normalized spacial score (nSPS) is 13.4. The SMILES string of the molecule is CC(C)CC(N)COc1ccc2c(c1)COc1cnc(NC(=O)O)cc1-2. The first-order valence-corrected chi connectivity index (χ1v) is 8.57. The predicted octanol–water partition coefficient (Wildman–Crippen LogP) is 3.48. The molecule has 1 aromatic heterocycles. The molecule has 2 heterocycles. The lowest BCUT2D eigenvalue weighted by molar-refractivity contribution is 0.209. The fourth-order valence-corrected chi connectivity index (χ4v) is 3.02. The maximum absolute atomic E-state index is 10.8. The average Bonchev–Trinajstić information content (AvgIpc) is 2.58. The van der Waals surface area contributed by atoms with Crippen molar-refractivity contribution in [2.24, 2.45) is 11.7 Å². The van der Waals surface area contributed by atoms with Crippen molar-refractivity contribution in [2.75, 3.05) is 11.9 Å². The van der Waals surface area contributed by atoms with E-state index in [1.165, 1.54) is 6.20 Å². The minimum absolute atomic E-state index is 0.00117. The predicted molar refractivity (Wildman–Crippen MR) is 98.6 cm³/mol. The van der Waals surface area contributed by atoms with E-state index in [1.54, 1.807) is 6.07 Å². The summed E-state index contributed by atoms with van der Waals surface area (Å²) in [5, 5.41) is 11.1. The summed E-state index contributed by atoms with van der Waals surface area (Å²) >= 11 is 0. The molecule has 1 aromatic carbocycles. The number of nitrogens with two attached hydrogens (primary N) is 1. The van der Waals surface area contributed by atoms with E-state index in [-0.39, 0.29) is 11.9 Å². The van der Waals surface area contributed by atoms with E-state index < -0.39 is 6.09 Å². The van der Waals surface area contributed by atoms with Gasteiger partial charge in [-0.15, -0.1) is 0 Å². The second kappa shape index (κ2) is 7.61. The molecule has 1 atom stereocenters. The third kappa shape index (κ3) is 4.23. The highest BCUT2D eigenvalue weighted by Gasteiger charge is 2.19. The van der Waals surface area contributed by atoms with E-state index in [1.807, 2.05) is 18.2 Å². The number of fused-ring (bicyclic) bond motifs is 3. The van der Waals surface area contributed by atoms with Crippen LogP contribution in [0, 0.1) is 5.92 Å². The smallest absolute Gasteiger partial charge is 0.410 e. The molecule has 0 spiro atoms. The molecular formula is C19H23N3O4. The van der Waals surface area contributed by atoms with Crippen LogP contribution in [0.1, 0.15) is 25.8 Å². The van der Waals surface area contributed by atoms with Crippen molar-refractivity contribution in [2.45, 2.75) is 32.9 Å². The van der Waals surface area contributed by atoms with Gasteiger partial charge in [0.1, 0.15) is 30.5 Å². The molecule has 0 saturated heterocycles. The average molecular weight is 357 g/mol. The third-order valence-corrected chi connectivity index (χ3v) is 4.09. The topological polar surface area (TPSA) is 107 Å². The quantitative estimate of drug-likeness (QED) is 0.731. The fourth-order valence-electron chi connectivity index (χ4n) is 3.02. The van der Waals surface area contributed by atoms with Crippen molar-refractivity contribution in [3.63, 3.8) is 0 Å². The Balaban J connectivity index is 1.78. The second-order valence-electron chi connectivity index (χ2n) is 6.80. The number of nitrogens with one attached hydrogen (secondary N) is 1. The van der Waals surface area contributed by atoms with Crippen molar-refractivity contribution in [1.82, 2.24) is 4.98 Å². The van der Waals surface area contributed by atoms with Gasteiger partial charge in [-0.3, -0.25) is 5.32 Å². The fraction of sp³-hybridized carbons (Fsp3) is 0.368. The largest absolute Gasteiger partial charge is 0.492 e. The zero-order valence-electron chi connectivity index (χ0n) is 14.9. The lowest BCUT2D eigenvalue weighted by atomic mass is 9.97. The van der Waals surface area contributed by atoms with Gasteiger partial charge in [0.2, 0.25) is 0 Å². The summed E-state index contributed by atoms with van der Waals surface area (Å²) in [5.41, 5.74) is 8.81. The van der Waals surface area contributed by atoms with Crippen LogP contribution in [0.4, 0.5) is 10.6 Å². The monoisotopic (exact) mass is 357 g/mol. The second-order valence-corrected chi connectivity index (χ2v) is 6.80. The molecule has 4 N–H and O–H groups in total. The lowest BCUT2D eigenvalue weighted by Crippen LogP contribution is -2.29. The number of hydrogen-bond acceptors (Lipinski definition) is 5. The maximum atomic E-state index is 10.8. The van der Waals surface area contributed by atoms with Gasteiger partial charge in [0.05, 0.1) is 6.20 Å². The zero-order chi connectivity index (χ0) is 18.7. The number of amides is 1. The standard InChI is InChI=1S/C19H23N3O4/c1-11(2)5-13(20)10-25-14-3-4-15-12(6-14)9-26-17-8-21-18(7-16(15)17)22-19(23)24/h3-4,6-8,11,13H,5,9-10,20H2,1-2H3,(H,21,22)(H,23,24). The Kier molecular flexibility index (Phi) is 5.27. The summed E-state index contributed by atoms with van der Waals surface area (Å²) in [6, 6.07) is 7.44. The Bertz CT molecular complexity index is 807. The van der Waals surface area contributed by atoms with Gasteiger partial charge in [-0.1, -0.05) is 19.9 Å². The molecule has 0 aliphatic carbocycles. The van der Waals surface area contributed by atoms with Gasteiger partial charge in [0, 0.05) is 17.2 Å². The zero-order valence-corrected chi connectivity index (χ0v) is 14.9. The number of anilines is 1. The van der Waals surface area contributed by atoms with Crippen LogP contribution >= 0.6 is 0 Å². The number of ether oxygens (including phenoxy) is 2. The van der Waals surface area contributed by atoms with E-state index in [0.29, 0.717) is 24.9 Å². The summed E-state index contributed by atoms with van der Waals surface area (Å²) in [6.07, 6.45) is 1.28. The Morgan fingerprint density at radius 3 is 2.92 bits per heavy atom. The molecule has 0 radical (unpaired) electrons. The number of carboxylic acid groups (broad SMARTS) is 1. The first-order chi connectivity index (χ1) is 12.4. The molecule has 0 bridgehead atoms. The molecule has 1 aliphatic heterocycles. The van der Waals surface area contributed by atoms with E-state index in [2.05, 4.69) is 24.1 Å². The molecule has 138 valence electrons. The minimum Gasteiger partial charge on any atom is -0.492 e. The maximum Gasteiger partial charge on any atom is 0.410 e. The van der Waals surface area contributed by atoms with Crippen LogP contribution in [-0.2, 0) is 6.61 Å². The van der Waals surface area contributed by atoms with Crippen LogP contribution in [0.2, 0.25) is 0 Å². The van der Waals surface area contributed by atoms with E-state index in [0.717, 1.165) is 28.9 Å². The van der Waals surface area contributed by atoms with Crippen LogP contribution in [-0.4, -0.2) is 28.8 Å². The summed E-state index contributed by atoms with van der Waals surface area (Å²) < 4.78 is 11.5. The summed E-state index contributed by atoms with van der Waals surface area (Å²) in [5.74, 6) is 2.16. The minimum atomic E-state index is -1.16. The molecule has 0 fully saturated rings. The van der Waals surface area contributed by atoms with Crippen molar-refractivity contribution < 1.29 is 19.4 Å². The van der Waals surface area contributed by atoms with Gasteiger partial charge in [-0.2, -0.15) is 0 Å². The molecular weight excluding hydrogens is 334 g/mol. The van der Waals surface area contributed by atoms with E-state index >= 15 is 0 Å². The highest BCUT2D eigenvalue weighted by Crippen LogP contribution is 2.39. The number of benzene rings is 1. The van der Waals surface area contributed by atoms with Crippen molar-refractivity contribution in [3.8, 4) is 22.6 Å². The number of aromatic nitrogens is 1. The Morgan fingerprint density at radius 1 is 1.38 bits per heavy atom. The van der Waals surface area contributed by atoms with Gasteiger partial charge in [-0.05, 0) is 36.1 Å². The summed E-state index contributed by atoms with van der Waals surface area (Å²) in [4.78, 5) is 14.9. The lowest BCUT2D eigenvalue weighted by Gasteiger charge is -2.22. The van der Waals surface area contributed by atoms with Crippen LogP contribution in [0.25, 0.3) is 11.1 Å². The molecule has 7 heteroatoms. The number of hydrogen-bond donors (Lipinski definition) is 3. The van der Waals surface area contributed by atoms with Gasteiger partial charge >= 0.3 is 6.09 Å². The number of pyridine rings is 1. The van der Waals surface area contributed by atoms with Crippen LogP contribution < -0.4 is 20.5 Å². The highest BCUT2D eigenvalue weighted by molar-refractivity contribution is 5.84. The number of rotatable bonds is 6.